The van der Waals surface area contributed by atoms with Gasteiger partial charge in [0.15, 0.2) is 0 Å². The molecule has 90 valence electrons. The van der Waals surface area contributed by atoms with Crippen LogP contribution in [0.4, 0.5) is 0 Å². The van der Waals surface area contributed by atoms with Gasteiger partial charge in [-0.25, -0.2) is 0 Å². The number of nitrogens with two attached hydrogens (primary N) is 1. The van der Waals surface area contributed by atoms with E-state index in [0.29, 0.717) is 18.5 Å². The summed E-state index contributed by atoms with van der Waals surface area (Å²) in [4.78, 5) is 0. The molecule has 2 unspecified atom stereocenters. The highest BCUT2D eigenvalue weighted by molar-refractivity contribution is 5.07. The van der Waals surface area contributed by atoms with Crippen LogP contribution < -0.4 is 5.73 Å². The first-order valence-corrected chi connectivity index (χ1v) is 5.90. The summed E-state index contributed by atoms with van der Waals surface area (Å²) in [6, 6.07) is 0.344. The van der Waals surface area contributed by atoms with E-state index in [9.17, 15) is 0 Å². The second-order valence-electron chi connectivity index (χ2n) is 4.61. The molecule has 0 aromatic carbocycles. The monoisotopic (exact) mass is 224 g/mol. The Morgan fingerprint density at radius 1 is 1.50 bits per heavy atom. The van der Waals surface area contributed by atoms with E-state index in [1.807, 2.05) is 0 Å². The lowest BCUT2D eigenvalue weighted by molar-refractivity contribution is 0.116. The molecule has 0 radical (unpaired) electrons. The van der Waals surface area contributed by atoms with Crippen LogP contribution in [-0.2, 0) is 11.3 Å². The standard InChI is InChI=1S/C11H20N4O/c1-7(2)15-10(6-12)13-14-11(15)9-4-5-16-8(9)3/h7-9H,4-6,12H2,1-3H3. The summed E-state index contributed by atoms with van der Waals surface area (Å²) in [5.41, 5.74) is 5.68. The van der Waals surface area contributed by atoms with E-state index in [4.69, 9.17) is 10.5 Å². The second kappa shape index (κ2) is 4.51. The molecule has 0 aliphatic carbocycles. The molecular formula is C11H20N4O. The van der Waals surface area contributed by atoms with E-state index in [0.717, 1.165) is 24.7 Å². The Labute approximate surface area is 96.0 Å². The number of rotatable bonds is 3. The number of ether oxygens (including phenoxy) is 1. The Morgan fingerprint density at radius 3 is 2.75 bits per heavy atom. The molecule has 1 aromatic heterocycles. The highest BCUT2D eigenvalue weighted by Crippen LogP contribution is 2.31. The highest BCUT2D eigenvalue weighted by Gasteiger charge is 2.31. The van der Waals surface area contributed by atoms with Crippen molar-refractivity contribution >= 4 is 0 Å². The van der Waals surface area contributed by atoms with Crippen molar-refractivity contribution in [2.75, 3.05) is 6.61 Å². The number of nitrogens with zero attached hydrogens (tertiary/aromatic N) is 3. The summed E-state index contributed by atoms with van der Waals surface area (Å²) < 4.78 is 7.73. The predicted molar refractivity (Wildman–Crippen MR) is 61.1 cm³/mol. The molecule has 1 aliphatic rings. The van der Waals surface area contributed by atoms with Crippen molar-refractivity contribution in [1.29, 1.82) is 0 Å². The SMILES string of the molecule is CC1OCCC1c1nnc(CN)n1C(C)C. The van der Waals surface area contributed by atoms with Gasteiger partial charge in [-0.15, -0.1) is 10.2 Å². The molecule has 2 atom stereocenters. The van der Waals surface area contributed by atoms with Crippen LogP contribution in [0.25, 0.3) is 0 Å². The fraction of sp³-hybridized carbons (Fsp3) is 0.818. The Hall–Kier alpha value is -0.940. The van der Waals surface area contributed by atoms with E-state index in [2.05, 4.69) is 35.5 Å². The van der Waals surface area contributed by atoms with Crippen molar-refractivity contribution in [2.45, 2.75) is 51.8 Å². The molecule has 1 saturated heterocycles. The lowest BCUT2D eigenvalue weighted by Gasteiger charge is -2.18. The molecule has 16 heavy (non-hydrogen) atoms. The maximum Gasteiger partial charge on any atom is 0.147 e. The normalized spacial score (nSPS) is 25.6. The van der Waals surface area contributed by atoms with Crippen LogP contribution in [-0.4, -0.2) is 27.5 Å². The van der Waals surface area contributed by atoms with Crippen molar-refractivity contribution in [3.63, 3.8) is 0 Å². The summed E-state index contributed by atoms with van der Waals surface area (Å²) in [6.07, 6.45) is 1.25. The molecule has 0 spiro atoms. The van der Waals surface area contributed by atoms with Gasteiger partial charge in [0.25, 0.3) is 0 Å². The fourth-order valence-electron chi connectivity index (χ4n) is 2.36. The second-order valence-corrected chi connectivity index (χ2v) is 4.61. The van der Waals surface area contributed by atoms with Crippen LogP contribution in [0, 0.1) is 0 Å². The lowest BCUT2D eigenvalue weighted by atomic mass is 10.0. The maximum atomic E-state index is 5.68. The first kappa shape index (κ1) is 11.5. The van der Waals surface area contributed by atoms with Crippen LogP contribution in [0.2, 0.25) is 0 Å². The molecule has 0 amide bonds. The van der Waals surface area contributed by atoms with Crippen molar-refractivity contribution in [3.05, 3.63) is 11.6 Å². The average Bonchev–Trinajstić information content (AvgIpc) is 2.82. The van der Waals surface area contributed by atoms with Crippen molar-refractivity contribution < 1.29 is 4.74 Å². The van der Waals surface area contributed by atoms with Gasteiger partial charge in [-0.1, -0.05) is 0 Å². The summed E-state index contributed by atoms with van der Waals surface area (Å²) in [5, 5.41) is 8.46. The molecule has 1 aliphatic heterocycles. The van der Waals surface area contributed by atoms with Gasteiger partial charge in [-0.2, -0.15) is 0 Å². The molecule has 0 bridgehead atoms. The number of aromatic nitrogens is 3. The molecule has 2 N–H and O–H groups in total. The Morgan fingerprint density at radius 2 is 2.25 bits per heavy atom. The molecular weight excluding hydrogens is 204 g/mol. The summed E-state index contributed by atoms with van der Waals surface area (Å²) in [7, 11) is 0. The summed E-state index contributed by atoms with van der Waals surface area (Å²) >= 11 is 0. The minimum Gasteiger partial charge on any atom is -0.378 e. The third-order valence-corrected chi connectivity index (χ3v) is 3.20. The van der Waals surface area contributed by atoms with Crippen LogP contribution >= 0.6 is 0 Å². The summed E-state index contributed by atoms with van der Waals surface area (Å²) in [5.74, 6) is 2.25. The van der Waals surface area contributed by atoms with Gasteiger partial charge in [0, 0.05) is 18.6 Å². The number of hydrogen-bond acceptors (Lipinski definition) is 4. The molecule has 1 fully saturated rings. The minimum atomic E-state index is 0.229. The average molecular weight is 224 g/mol. The third kappa shape index (κ3) is 1.85. The number of hydrogen-bond donors (Lipinski definition) is 1. The van der Waals surface area contributed by atoms with Crippen LogP contribution in [0.1, 0.15) is 50.8 Å². The van der Waals surface area contributed by atoms with E-state index in [1.165, 1.54) is 0 Å². The minimum absolute atomic E-state index is 0.229. The van der Waals surface area contributed by atoms with Gasteiger partial charge in [0.2, 0.25) is 0 Å². The molecule has 2 heterocycles. The van der Waals surface area contributed by atoms with Gasteiger partial charge in [0.05, 0.1) is 12.6 Å². The van der Waals surface area contributed by atoms with E-state index in [-0.39, 0.29) is 6.10 Å². The Bertz CT molecular complexity index is 361. The quantitative estimate of drug-likeness (QED) is 0.838. The molecule has 5 nitrogen and oxygen atoms in total. The Balaban J connectivity index is 2.36. The lowest BCUT2D eigenvalue weighted by Crippen LogP contribution is -2.19. The van der Waals surface area contributed by atoms with Crippen LogP contribution in [0.15, 0.2) is 0 Å². The van der Waals surface area contributed by atoms with Gasteiger partial charge < -0.3 is 15.0 Å². The first-order valence-electron chi connectivity index (χ1n) is 5.90. The van der Waals surface area contributed by atoms with E-state index in [1.54, 1.807) is 0 Å². The zero-order valence-corrected chi connectivity index (χ0v) is 10.2. The van der Waals surface area contributed by atoms with E-state index < -0.39 is 0 Å². The topological polar surface area (TPSA) is 66.0 Å². The smallest absolute Gasteiger partial charge is 0.147 e. The molecule has 0 saturated carbocycles. The van der Waals surface area contributed by atoms with Crippen molar-refractivity contribution in [1.82, 2.24) is 14.8 Å². The third-order valence-electron chi connectivity index (χ3n) is 3.20. The molecule has 5 heteroatoms. The first-order chi connectivity index (χ1) is 7.65. The van der Waals surface area contributed by atoms with Gasteiger partial charge in [-0.3, -0.25) is 0 Å². The predicted octanol–water partition coefficient (Wildman–Crippen LogP) is 1.21. The molecule has 2 rings (SSSR count). The van der Waals surface area contributed by atoms with Gasteiger partial charge in [0.1, 0.15) is 11.6 Å². The largest absolute Gasteiger partial charge is 0.378 e. The zero-order valence-electron chi connectivity index (χ0n) is 10.2. The van der Waals surface area contributed by atoms with Gasteiger partial charge in [-0.05, 0) is 27.2 Å². The zero-order chi connectivity index (χ0) is 11.7. The van der Waals surface area contributed by atoms with Crippen molar-refractivity contribution in [2.24, 2.45) is 5.73 Å². The summed E-state index contributed by atoms with van der Waals surface area (Å²) in [6.45, 7) is 7.61. The fourth-order valence-corrected chi connectivity index (χ4v) is 2.36. The maximum absolute atomic E-state index is 5.68. The molecule has 1 aromatic rings. The highest BCUT2D eigenvalue weighted by atomic mass is 16.5. The van der Waals surface area contributed by atoms with Gasteiger partial charge >= 0.3 is 0 Å². The van der Waals surface area contributed by atoms with Crippen molar-refractivity contribution in [3.8, 4) is 0 Å². The van der Waals surface area contributed by atoms with Crippen LogP contribution in [0.3, 0.4) is 0 Å². The Kier molecular flexibility index (Phi) is 3.25. The van der Waals surface area contributed by atoms with Crippen LogP contribution in [0.5, 0.6) is 0 Å². The van der Waals surface area contributed by atoms with E-state index >= 15 is 0 Å².